The average molecular weight is 427 g/mol. The molecule has 2 heterocycles. The monoisotopic (exact) mass is 427 g/mol. The molecule has 2 aromatic carbocycles. The Morgan fingerprint density at radius 2 is 1.91 bits per heavy atom. The Bertz CT molecular complexity index is 1340. The maximum atomic E-state index is 14.5. The third-order valence-corrected chi connectivity index (χ3v) is 5.49. The molecule has 6 nitrogen and oxygen atoms in total. The highest BCUT2D eigenvalue weighted by Crippen LogP contribution is 2.26. The standard InChI is InChI=1S/C25H22FN5O/c1-16-3-8-21(26)25-20(16)13-17(2)31(25)12-11-28-24-14-22(29-15-30-24)18-4-6-19(7-5-18)23(32)9-10-27/h3-8,13-15H,9,11-12H2,1-2H3,(H,28,29,30). The second kappa shape index (κ2) is 8.98. The first-order chi connectivity index (χ1) is 15.5. The molecule has 0 spiro atoms. The Kier molecular flexibility index (Phi) is 5.95. The van der Waals surface area contributed by atoms with Crippen LogP contribution in [-0.4, -0.2) is 26.9 Å². The molecule has 0 saturated carbocycles. The number of nitriles is 1. The van der Waals surface area contributed by atoms with E-state index in [0.717, 1.165) is 22.2 Å². The van der Waals surface area contributed by atoms with Crippen LogP contribution in [0.25, 0.3) is 22.2 Å². The summed E-state index contributed by atoms with van der Waals surface area (Å²) in [6.07, 6.45) is 1.34. The zero-order valence-corrected chi connectivity index (χ0v) is 17.9. The Balaban J connectivity index is 1.47. The van der Waals surface area contributed by atoms with Gasteiger partial charge in [0.05, 0.1) is 23.7 Å². The molecular formula is C25H22FN5O. The van der Waals surface area contributed by atoms with E-state index in [1.54, 1.807) is 30.3 Å². The van der Waals surface area contributed by atoms with Gasteiger partial charge in [-0.2, -0.15) is 5.26 Å². The molecule has 0 fully saturated rings. The number of rotatable bonds is 7. The summed E-state index contributed by atoms with van der Waals surface area (Å²) in [5.41, 5.74) is 4.74. The second-order valence-electron chi connectivity index (χ2n) is 7.61. The molecule has 2 aromatic heterocycles. The van der Waals surface area contributed by atoms with Crippen LogP contribution in [0.5, 0.6) is 0 Å². The van der Waals surface area contributed by atoms with E-state index in [1.165, 1.54) is 12.4 Å². The Morgan fingerprint density at radius 1 is 1.12 bits per heavy atom. The zero-order valence-electron chi connectivity index (χ0n) is 17.9. The van der Waals surface area contributed by atoms with Gasteiger partial charge in [-0.15, -0.1) is 0 Å². The van der Waals surface area contributed by atoms with Gasteiger partial charge in [0, 0.05) is 41.4 Å². The minimum Gasteiger partial charge on any atom is -0.368 e. The van der Waals surface area contributed by atoms with Crippen LogP contribution in [-0.2, 0) is 6.54 Å². The molecule has 7 heteroatoms. The van der Waals surface area contributed by atoms with Crippen LogP contribution in [0.15, 0.2) is 54.9 Å². The van der Waals surface area contributed by atoms with E-state index in [-0.39, 0.29) is 18.0 Å². The SMILES string of the molecule is Cc1ccc(F)c2c1cc(C)n2CCNc1cc(-c2ccc(C(=O)CC#N)cc2)ncn1. The smallest absolute Gasteiger partial charge is 0.176 e. The summed E-state index contributed by atoms with van der Waals surface area (Å²) in [7, 11) is 0. The van der Waals surface area contributed by atoms with E-state index < -0.39 is 0 Å². The number of carbonyl (C=O) groups is 1. The predicted molar refractivity (Wildman–Crippen MR) is 122 cm³/mol. The fourth-order valence-corrected chi connectivity index (χ4v) is 3.80. The molecule has 1 N–H and O–H groups in total. The third kappa shape index (κ3) is 4.21. The maximum absolute atomic E-state index is 14.5. The van der Waals surface area contributed by atoms with E-state index >= 15 is 0 Å². The van der Waals surface area contributed by atoms with Crippen LogP contribution in [0.2, 0.25) is 0 Å². The van der Waals surface area contributed by atoms with E-state index in [4.69, 9.17) is 5.26 Å². The molecule has 0 saturated heterocycles. The van der Waals surface area contributed by atoms with Gasteiger partial charge in [-0.25, -0.2) is 14.4 Å². The zero-order chi connectivity index (χ0) is 22.7. The van der Waals surface area contributed by atoms with Gasteiger partial charge in [0.25, 0.3) is 0 Å². The highest BCUT2D eigenvalue weighted by Gasteiger charge is 2.12. The number of fused-ring (bicyclic) bond motifs is 1. The van der Waals surface area contributed by atoms with Crippen molar-refractivity contribution in [2.75, 3.05) is 11.9 Å². The fourth-order valence-electron chi connectivity index (χ4n) is 3.80. The first-order valence-corrected chi connectivity index (χ1v) is 10.3. The Morgan fingerprint density at radius 3 is 2.66 bits per heavy atom. The van der Waals surface area contributed by atoms with Gasteiger partial charge in [-0.1, -0.05) is 30.3 Å². The van der Waals surface area contributed by atoms with Gasteiger partial charge < -0.3 is 9.88 Å². The molecule has 0 amide bonds. The summed E-state index contributed by atoms with van der Waals surface area (Å²) in [5, 5.41) is 12.9. The summed E-state index contributed by atoms with van der Waals surface area (Å²) in [5.74, 6) is 0.230. The number of hydrogen-bond acceptors (Lipinski definition) is 5. The minimum absolute atomic E-state index is 0.138. The number of hydrogen-bond donors (Lipinski definition) is 1. The first kappa shape index (κ1) is 21.2. The van der Waals surface area contributed by atoms with E-state index in [9.17, 15) is 9.18 Å². The van der Waals surface area contributed by atoms with Crippen LogP contribution in [0.3, 0.4) is 0 Å². The number of nitrogens with zero attached hydrogens (tertiary/aromatic N) is 4. The van der Waals surface area contributed by atoms with Crippen molar-refractivity contribution in [3.63, 3.8) is 0 Å². The lowest BCUT2D eigenvalue weighted by Crippen LogP contribution is -2.13. The van der Waals surface area contributed by atoms with Crippen LogP contribution in [0.4, 0.5) is 10.2 Å². The quantitative estimate of drug-likeness (QED) is 0.417. The highest BCUT2D eigenvalue weighted by atomic mass is 19.1. The predicted octanol–water partition coefficient (Wildman–Crippen LogP) is 5.06. The van der Waals surface area contributed by atoms with Crippen LogP contribution in [0, 0.1) is 31.0 Å². The lowest BCUT2D eigenvalue weighted by Gasteiger charge is -2.11. The highest BCUT2D eigenvalue weighted by molar-refractivity contribution is 5.97. The van der Waals surface area contributed by atoms with Gasteiger partial charge >= 0.3 is 0 Å². The molecule has 160 valence electrons. The van der Waals surface area contributed by atoms with E-state index in [2.05, 4.69) is 15.3 Å². The van der Waals surface area contributed by atoms with Crippen molar-refractivity contribution in [1.29, 1.82) is 5.26 Å². The van der Waals surface area contributed by atoms with Gasteiger partial charge in [0.1, 0.15) is 18.0 Å². The number of anilines is 1. The van der Waals surface area contributed by atoms with Crippen LogP contribution in [0.1, 0.15) is 28.0 Å². The van der Waals surface area contributed by atoms with Crippen molar-refractivity contribution < 1.29 is 9.18 Å². The van der Waals surface area contributed by atoms with Crippen molar-refractivity contribution in [2.24, 2.45) is 0 Å². The number of aromatic nitrogens is 3. The van der Waals surface area contributed by atoms with Crippen molar-refractivity contribution in [3.05, 3.63) is 77.5 Å². The number of benzene rings is 2. The maximum Gasteiger partial charge on any atom is 0.176 e. The van der Waals surface area contributed by atoms with E-state index in [0.29, 0.717) is 35.7 Å². The number of ketones is 1. The van der Waals surface area contributed by atoms with Gasteiger partial charge in [-0.05, 0) is 31.5 Å². The summed E-state index contributed by atoms with van der Waals surface area (Å²) in [4.78, 5) is 20.4. The van der Waals surface area contributed by atoms with Crippen LogP contribution >= 0.6 is 0 Å². The number of Topliss-reactive ketones (excluding diaryl/α,β-unsaturated/α-hetero) is 1. The molecule has 4 rings (SSSR count). The summed E-state index contributed by atoms with van der Waals surface area (Å²) < 4.78 is 16.4. The molecule has 0 radical (unpaired) electrons. The lowest BCUT2D eigenvalue weighted by molar-refractivity contribution is 0.0997. The van der Waals surface area contributed by atoms with E-state index in [1.807, 2.05) is 36.6 Å². The third-order valence-electron chi connectivity index (χ3n) is 5.49. The average Bonchev–Trinajstić information content (AvgIpc) is 3.14. The molecule has 0 aliphatic carbocycles. The van der Waals surface area contributed by atoms with Gasteiger partial charge in [-0.3, -0.25) is 4.79 Å². The first-order valence-electron chi connectivity index (χ1n) is 10.3. The summed E-state index contributed by atoms with van der Waals surface area (Å²) in [6, 6.07) is 16.0. The van der Waals surface area contributed by atoms with Crippen LogP contribution < -0.4 is 5.32 Å². The van der Waals surface area contributed by atoms with Gasteiger partial charge in [0.15, 0.2) is 5.78 Å². The molecule has 0 bridgehead atoms. The fraction of sp³-hybridized carbons (Fsp3) is 0.200. The molecule has 4 aromatic rings. The summed E-state index contributed by atoms with van der Waals surface area (Å²) in [6.45, 7) is 5.12. The topological polar surface area (TPSA) is 83.6 Å². The lowest BCUT2D eigenvalue weighted by atomic mass is 10.0. The molecule has 0 aliphatic rings. The van der Waals surface area contributed by atoms with Crippen molar-refractivity contribution in [2.45, 2.75) is 26.8 Å². The molecular weight excluding hydrogens is 405 g/mol. The number of nitrogens with one attached hydrogen (secondary N) is 1. The second-order valence-corrected chi connectivity index (χ2v) is 7.61. The molecule has 32 heavy (non-hydrogen) atoms. The van der Waals surface area contributed by atoms with Crippen molar-refractivity contribution in [1.82, 2.24) is 14.5 Å². The van der Waals surface area contributed by atoms with Crippen molar-refractivity contribution in [3.8, 4) is 17.3 Å². The van der Waals surface area contributed by atoms with Gasteiger partial charge in [0.2, 0.25) is 0 Å². The normalized spacial score (nSPS) is 10.8. The summed E-state index contributed by atoms with van der Waals surface area (Å²) >= 11 is 0. The molecule has 0 aliphatic heterocycles. The largest absolute Gasteiger partial charge is 0.368 e. The molecule has 0 unspecified atom stereocenters. The Labute approximate surface area is 185 Å². The number of aryl methyl sites for hydroxylation is 2. The minimum atomic E-state index is -0.222. The van der Waals surface area contributed by atoms with Crippen molar-refractivity contribution >= 4 is 22.5 Å². The number of carbonyl (C=O) groups excluding carboxylic acids is 1. The molecule has 0 atom stereocenters. The number of halogens is 1. The Hall–Kier alpha value is -4.05.